The highest BCUT2D eigenvalue weighted by atomic mass is 32.2. The lowest BCUT2D eigenvalue weighted by molar-refractivity contribution is 0.135. The first-order valence-corrected chi connectivity index (χ1v) is 11.0. The van der Waals surface area contributed by atoms with Crippen LogP contribution >= 0.6 is 0 Å². The minimum absolute atomic E-state index is 0.207. The third-order valence-corrected chi connectivity index (χ3v) is 7.14. The molecule has 26 heavy (non-hydrogen) atoms. The summed E-state index contributed by atoms with van der Waals surface area (Å²) >= 11 is 0. The van der Waals surface area contributed by atoms with Gasteiger partial charge in [0.25, 0.3) is 0 Å². The maximum atomic E-state index is 12.6. The summed E-state index contributed by atoms with van der Waals surface area (Å²) in [6.07, 6.45) is 7.49. The molecular weight excluding hydrogens is 352 g/mol. The highest BCUT2D eigenvalue weighted by Gasteiger charge is 2.28. The van der Waals surface area contributed by atoms with Crippen LogP contribution in [0.2, 0.25) is 0 Å². The molecule has 0 spiro atoms. The monoisotopic (exact) mass is 382 g/mol. The van der Waals surface area contributed by atoms with Gasteiger partial charge in [-0.15, -0.1) is 0 Å². The van der Waals surface area contributed by atoms with Crippen LogP contribution in [-0.4, -0.2) is 53.2 Å². The summed E-state index contributed by atoms with van der Waals surface area (Å²) in [7, 11) is -0.516. The molecule has 1 saturated heterocycles. The van der Waals surface area contributed by atoms with E-state index >= 15 is 0 Å². The molecule has 0 bridgehead atoms. The van der Waals surface area contributed by atoms with Crippen molar-refractivity contribution in [3.05, 3.63) is 18.2 Å². The van der Waals surface area contributed by atoms with Gasteiger partial charge in [0.1, 0.15) is 0 Å². The van der Waals surface area contributed by atoms with Crippen LogP contribution < -0.4 is 14.2 Å². The zero-order chi connectivity index (χ0) is 18.6. The van der Waals surface area contributed by atoms with Crippen molar-refractivity contribution in [2.45, 2.75) is 49.5 Å². The van der Waals surface area contributed by atoms with E-state index in [1.807, 2.05) is 0 Å². The van der Waals surface area contributed by atoms with Crippen molar-refractivity contribution < 1.29 is 17.9 Å². The molecule has 0 unspecified atom stereocenters. The number of piperidine rings is 1. The molecular formula is C19H30N2O4S. The van der Waals surface area contributed by atoms with Crippen LogP contribution in [0.15, 0.2) is 23.1 Å². The molecule has 146 valence electrons. The number of nitrogens with zero attached hydrogens (tertiary/aromatic N) is 1. The zero-order valence-electron chi connectivity index (χ0n) is 15.7. The average molecular weight is 383 g/mol. The van der Waals surface area contributed by atoms with E-state index in [2.05, 4.69) is 9.62 Å². The van der Waals surface area contributed by atoms with Gasteiger partial charge in [0.15, 0.2) is 11.5 Å². The lowest BCUT2D eigenvalue weighted by atomic mass is 9.96. The molecule has 2 fully saturated rings. The molecule has 1 aliphatic carbocycles. The molecule has 6 nitrogen and oxygen atoms in total. The molecule has 1 heterocycles. The van der Waals surface area contributed by atoms with Crippen molar-refractivity contribution in [3.63, 3.8) is 0 Å². The van der Waals surface area contributed by atoms with E-state index in [1.54, 1.807) is 12.1 Å². The largest absolute Gasteiger partial charge is 0.493 e. The first-order valence-electron chi connectivity index (χ1n) is 9.49. The fourth-order valence-electron chi connectivity index (χ4n) is 4.09. The Morgan fingerprint density at radius 2 is 1.69 bits per heavy atom. The third kappa shape index (κ3) is 4.50. The Balaban J connectivity index is 1.54. The number of hydrogen-bond donors (Lipinski definition) is 1. The Hall–Kier alpha value is -1.31. The minimum atomic E-state index is -3.55. The number of rotatable bonds is 7. The summed E-state index contributed by atoms with van der Waals surface area (Å²) in [5.41, 5.74) is 0. The number of benzene rings is 1. The van der Waals surface area contributed by atoms with E-state index in [1.165, 1.54) is 46.0 Å². The topological polar surface area (TPSA) is 67.9 Å². The van der Waals surface area contributed by atoms with Gasteiger partial charge in [-0.1, -0.05) is 12.8 Å². The molecule has 0 aromatic heterocycles. The Kier molecular flexibility index (Phi) is 6.42. The number of methoxy groups -OCH3 is 2. The second-order valence-electron chi connectivity index (χ2n) is 7.29. The number of ether oxygens (including phenoxy) is 2. The normalized spacial score (nSPS) is 20.4. The molecule has 1 N–H and O–H groups in total. The van der Waals surface area contributed by atoms with Crippen LogP contribution in [0.1, 0.15) is 38.5 Å². The van der Waals surface area contributed by atoms with Crippen molar-refractivity contribution in [3.8, 4) is 11.5 Å². The lowest BCUT2D eigenvalue weighted by Crippen LogP contribution is -2.42. The predicted octanol–water partition coefficient (Wildman–Crippen LogP) is 2.64. The highest BCUT2D eigenvalue weighted by molar-refractivity contribution is 7.89. The van der Waals surface area contributed by atoms with Crippen molar-refractivity contribution in [1.82, 2.24) is 9.62 Å². The average Bonchev–Trinajstić information content (AvgIpc) is 3.21. The number of nitrogens with one attached hydrogen (secondary N) is 1. The molecule has 1 aromatic carbocycles. The maximum absolute atomic E-state index is 12.6. The smallest absolute Gasteiger partial charge is 0.240 e. The molecule has 0 amide bonds. The van der Waals surface area contributed by atoms with Crippen LogP contribution in [-0.2, 0) is 10.0 Å². The van der Waals surface area contributed by atoms with Crippen molar-refractivity contribution in [2.75, 3.05) is 33.9 Å². The van der Waals surface area contributed by atoms with Gasteiger partial charge in [-0.3, -0.25) is 0 Å². The van der Waals surface area contributed by atoms with Gasteiger partial charge in [-0.25, -0.2) is 13.1 Å². The van der Waals surface area contributed by atoms with Crippen LogP contribution in [0.3, 0.4) is 0 Å². The van der Waals surface area contributed by atoms with E-state index in [0.29, 0.717) is 24.0 Å². The Bertz CT molecular complexity index is 693. The summed E-state index contributed by atoms with van der Waals surface area (Å²) in [5.74, 6) is 1.34. The minimum Gasteiger partial charge on any atom is -0.493 e. The van der Waals surface area contributed by atoms with E-state index in [-0.39, 0.29) is 4.90 Å². The van der Waals surface area contributed by atoms with Gasteiger partial charge >= 0.3 is 0 Å². The zero-order valence-corrected chi connectivity index (χ0v) is 16.6. The van der Waals surface area contributed by atoms with Gasteiger partial charge in [0, 0.05) is 18.7 Å². The lowest BCUT2D eigenvalue weighted by Gasteiger charge is -2.36. The highest BCUT2D eigenvalue weighted by Crippen LogP contribution is 2.30. The fraction of sp³-hybridized carbons (Fsp3) is 0.684. The standard InChI is InChI=1S/C19H30N2O4S/c1-24-18-8-7-17(13-19(18)25-2)26(22,23)20-14-15-9-11-21(12-10-15)16-5-3-4-6-16/h7-8,13,15-16,20H,3-6,9-12,14H2,1-2H3. The van der Waals surface area contributed by atoms with E-state index in [0.717, 1.165) is 32.0 Å². The van der Waals surface area contributed by atoms with Crippen LogP contribution in [0, 0.1) is 5.92 Å². The molecule has 0 atom stereocenters. The second-order valence-corrected chi connectivity index (χ2v) is 9.05. The fourth-order valence-corrected chi connectivity index (χ4v) is 5.22. The summed E-state index contributed by atoms with van der Waals surface area (Å²) in [6.45, 7) is 2.68. The predicted molar refractivity (Wildman–Crippen MR) is 101 cm³/mol. The van der Waals surface area contributed by atoms with E-state index in [4.69, 9.17) is 9.47 Å². The first kappa shape index (κ1) is 19.5. The van der Waals surface area contributed by atoms with Crippen LogP contribution in [0.5, 0.6) is 11.5 Å². The number of hydrogen-bond acceptors (Lipinski definition) is 5. The molecule has 2 aliphatic rings. The third-order valence-electron chi connectivity index (χ3n) is 5.72. The molecule has 3 rings (SSSR count). The van der Waals surface area contributed by atoms with Crippen molar-refractivity contribution >= 4 is 10.0 Å². The molecule has 0 radical (unpaired) electrons. The van der Waals surface area contributed by atoms with Gasteiger partial charge in [0.05, 0.1) is 19.1 Å². The summed E-state index contributed by atoms with van der Waals surface area (Å²) < 4.78 is 38.3. The second kappa shape index (κ2) is 8.59. The molecule has 1 aliphatic heterocycles. The Labute approximate surface area is 156 Å². The number of sulfonamides is 1. The Morgan fingerprint density at radius 1 is 1.04 bits per heavy atom. The maximum Gasteiger partial charge on any atom is 0.240 e. The van der Waals surface area contributed by atoms with Crippen LogP contribution in [0.4, 0.5) is 0 Å². The van der Waals surface area contributed by atoms with E-state index < -0.39 is 10.0 Å². The number of likely N-dealkylation sites (tertiary alicyclic amines) is 1. The van der Waals surface area contributed by atoms with Crippen molar-refractivity contribution in [1.29, 1.82) is 0 Å². The quantitative estimate of drug-likeness (QED) is 0.785. The van der Waals surface area contributed by atoms with Crippen LogP contribution in [0.25, 0.3) is 0 Å². The van der Waals surface area contributed by atoms with Gasteiger partial charge in [0.2, 0.25) is 10.0 Å². The summed E-state index contributed by atoms with van der Waals surface area (Å²) in [6, 6.07) is 5.43. The molecule has 7 heteroatoms. The summed E-state index contributed by atoms with van der Waals surface area (Å²) in [5, 5.41) is 0. The first-order chi connectivity index (χ1) is 12.5. The molecule has 1 saturated carbocycles. The van der Waals surface area contributed by atoms with Gasteiger partial charge in [-0.05, 0) is 56.8 Å². The summed E-state index contributed by atoms with van der Waals surface area (Å²) in [4.78, 5) is 2.81. The van der Waals surface area contributed by atoms with E-state index in [9.17, 15) is 8.42 Å². The Morgan fingerprint density at radius 3 is 2.31 bits per heavy atom. The SMILES string of the molecule is COc1ccc(S(=O)(=O)NCC2CCN(C3CCCC3)CC2)cc1OC. The molecule has 1 aromatic rings. The van der Waals surface area contributed by atoms with Gasteiger partial charge < -0.3 is 14.4 Å². The van der Waals surface area contributed by atoms with Gasteiger partial charge in [-0.2, -0.15) is 0 Å². The van der Waals surface area contributed by atoms with Crippen molar-refractivity contribution in [2.24, 2.45) is 5.92 Å².